The van der Waals surface area contributed by atoms with Crippen molar-refractivity contribution in [1.29, 1.82) is 0 Å². The lowest BCUT2D eigenvalue weighted by atomic mass is 10.0. The van der Waals surface area contributed by atoms with Crippen LogP contribution in [0.5, 0.6) is 11.5 Å². The van der Waals surface area contributed by atoms with Crippen molar-refractivity contribution in [3.8, 4) is 11.5 Å². The Balaban J connectivity index is 1.51. The second-order valence-electron chi connectivity index (χ2n) is 7.61. The van der Waals surface area contributed by atoms with E-state index in [1.807, 2.05) is 23.1 Å². The van der Waals surface area contributed by atoms with Crippen LogP contribution in [0.1, 0.15) is 47.6 Å². The molecule has 1 aliphatic heterocycles. The Labute approximate surface area is 170 Å². The molecule has 1 atom stereocenters. The maximum absolute atomic E-state index is 13.2. The number of nitrogens with zero attached hydrogens (tertiary/aromatic N) is 1. The van der Waals surface area contributed by atoms with Crippen LogP contribution in [0.3, 0.4) is 0 Å². The number of hydrogen-bond acceptors (Lipinski definition) is 4. The summed E-state index contributed by atoms with van der Waals surface area (Å²) in [4.78, 5) is 27.0. The number of benzene rings is 2. The number of rotatable bonds is 6. The Morgan fingerprint density at radius 3 is 2.41 bits per heavy atom. The topological polar surface area (TPSA) is 67.9 Å². The number of likely N-dealkylation sites (tertiary alicyclic amines) is 1. The van der Waals surface area contributed by atoms with E-state index in [9.17, 15) is 9.59 Å². The molecule has 2 fully saturated rings. The van der Waals surface area contributed by atoms with Crippen LogP contribution in [0.4, 0.5) is 5.69 Å². The number of anilines is 1. The smallest absolute Gasteiger partial charge is 0.254 e. The number of carbonyl (C=O) groups is 2. The van der Waals surface area contributed by atoms with Crippen LogP contribution in [0.25, 0.3) is 0 Å². The number of nitrogens with one attached hydrogen (secondary N) is 1. The van der Waals surface area contributed by atoms with Gasteiger partial charge in [-0.15, -0.1) is 0 Å². The normalized spacial score (nSPS) is 18.4. The van der Waals surface area contributed by atoms with Crippen LogP contribution in [0.2, 0.25) is 0 Å². The third-order valence-electron chi connectivity index (χ3n) is 5.66. The Morgan fingerprint density at radius 2 is 1.76 bits per heavy atom. The molecule has 1 N–H and O–H groups in total. The van der Waals surface area contributed by atoms with Crippen molar-refractivity contribution in [2.45, 2.75) is 31.7 Å². The summed E-state index contributed by atoms with van der Waals surface area (Å²) < 4.78 is 10.8. The molecule has 2 aliphatic rings. The van der Waals surface area contributed by atoms with Crippen molar-refractivity contribution >= 4 is 17.5 Å². The van der Waals surface area contributed by atoms with Gasteiger partial charge in [0.05, 0.1) is 20.3 Å². The molecule has 1 unspecified atom stereocenters. The molecule has 0 spiro atoms. The molecular formula is C23H26N2O4. The van der Waals surface area contributed by atoms with E-state index in [-0.39, 0.29) is 23.8 Å². The highest BCUT2D eigenvalue weighted by Crippen LogP contribution is 2.39. The molecule has 2 aromatic carbocycles. The van der Waals surface area contributed by atoms with E-state index in [2.05, 4.69) is 5.32 Å². The zero-order valence-electron chi connectivity index (χ0n) is 16.8. The molecule has 0 radical (unpaired) electrons. The zero-order chi connectivity index (χ0) is 20.4. The first-order chi connectivity index (χ1) is 14.1. The Hall–Kier alpha value is -3.02. The molecule has 1 aliphatic carbocycles. The van der Waals surface area contributed by atoms with Crippen LogP contribution < -0.4 is 14.8 Å². The first kappa shape index (κ1) is 19.3. The Morgan fingerprint density at radius 1 is 1.00 bits per heavy atom. The summed E-state index contributed by atoms with van der Waals surface area (Å²) in [6.45, 7) is 0.707. The number of carbonyl (C=O) groups excluding carboxylic acids is 2. The van der Waals surface area contributed by atoms with Gasteiger partial charge in [0.1, 0.15) is 11.5 Å². The Bertz CT molecular complexity index is 906. The molecule has 6 nitrogen and oxygen atoms in total. The lowest BCUT2D eigenvalue weighted by molar-refractivity contribution is -0.117. The van der Waals surface area contributed by atoms with Crippen LogP contribution >= 0.6 is 0 Å². The van der Waals surface area contributed by atoms with Crippen molar-refractivity contribution in [1.82, 2.24) is 4.90 Å². The van der Waals surface area contributed by atoms with Gasteiger partial charge in [0.15, 0.2) is 0 Å². The zero-order valence-corrected chi connectivity index (χ0v) is 16.8. The molecule has 0 aromatic heterocycles. The molecule has 2 amide bonds. The number of methoxy groups -OCH3 is 2. The van der Waals surface area contributed by atoms with Crippen LogP contribution in [-0.2, 0) is 4.79 Å². The number of hydrogen-bond donors (Lipinski definition) is 1. The van der Waals surface area contributed by atoms with E-state index in [0.29, 0.717) is 12.1 Å². The van der Waals surface area contributed by atoms with E-state index in [1.165, 1.54) is 0 Å². The van der Waals surface area contributed by atoms with Gasteiger partial charge in [-0.25, -0.2) is 0 Å². The van der Waals surface area contributed by atoms with Gasteiger partial charge in [-0.05, 0) is 62.1 Å². The van der Waals surface area contributed by atoms with E-state index in [4.69, 9.17) is 9.47 Å². The van der Waals surface area contributed by atoms with Gasteiger partial charge in [0, 0.05) is 35.3 Å². The van der Waals surface area contributed by atoms with Gasteiger partial charge >= 0.3 is 0 Å². The molecular weight excluding hydrogens is 368 g/mol. The molecule has 1 saturated heterocycles. The maximum Gasteiger partial charge on any atom is 0.254 e. The lowest BCUT2D eigenvalue weighted by Crippen LogP contribution is -2.30. The fourth-order valence-corrected chi connectivity index (χ4v) is 3.88. The summed E-state index contributed by atoms with van der Waals surface area (Å²) in [5.41, 5.74) is 2.34. The van der Waals surface area contributed by atoms with Crippen molar-refractivity contribution in [2.24, 2.45) is 5.92 Å². The van der Waals surface area contributed by atoms with Crippen molar-refractivity contribution in [3.63, 3.8) is 0 Å². The average Bonchev–Trinajstić information content (AvgIpc) is 3.50. The monoisotopic (exact) mass is 394 g/mol. The van der Waals surface area contributed by atoms with E-state index < -0.39 is 0 Å². The average molecular weight is 394 g/mol. The highest BCUT2D eigenvalue weighted by atomic mass is 16.5. The van der Waals surface area contributed by atoms with Gasteiger partial charge < -0.3 is 19.7 Å². The molecule has 2 aromatic rings. The van der Waals surface area contributed by atoms with Crippen molar-refractivity contribution < 1.29 is 19.1 Å². The van der Waals surface area contributed by atoms with E-state index >= 15 is 0 Å². The minimum absolute atomic E-state index is 0.00885. The van der Waals surface area contributed by atoms with Gasteiger partial charge in [0.25, 0.3) is 5.91 Å². The first-order valence-corrected chi connectivity index (χ1v) is 10.0. The second-order valence-corrected chi connectivity index (χ2v) is 7.61. The summed E-state index contributed by atoms with van der Waals surface area (Å²) in [7, 11) is 3.25. The highest BCUT2D eigenvalue weighted by molar-refractivity contribution is 5.97. The number of ether oxygens (including phenoxy) is 2. The van der Waals surface area contributed by atoms with Crippen LogP contribution in [0, 0.1) is 5.92 Å². The van der Waals surface area contributed by atoms with Gasteiger partial charge in [0.2, 0.25) is 5.91 Å². The highest BCUT2D eigenvalue weighted by Gasteiger charge is 2.33. The summed E-state index contributed by atoms with van der Waals surface area (Å²) in [6, 6.07) is 12.9. The number of amides is 2. The van der Waals surface area contributed by atoms with Crippen LogP contribution in [-0.4, -0.2) is 37.5 Å². The van der Waals surface area contributed by atoms with E-state index in [0.717, 1.165) is 48.4 Å². The van der Waals surface area contributed by atoms with Gasteiger partial charge in [-0.2, -0.15) is 0 Å². The molecule has 0 bridgehead atoms. The first-order valence-electron chi connectivity index (χ1n) is 10.0. The molecule has 6 heteroatoms. The third kappa shape index (κ3) is 4.06. The van der Waals surface area contributed by atoms with E-state index in [1.54, 1.807) is 38.5 Å². The summed E-state index contributed by atoms with van der Waals surface area (Å²) in [6.07, 6.45) is 3.77. The second kappa shape index (κ2) is 8.15. The molecule has 4 rings (SSSR count). The molecule has 1 heterocycles. The predicted molar refractivity (Wildman–Crippen MR) is 110 cm³/mol. The summed E-state index contributed by atoms with van der Waals surface area (Å²) >= 11 is 0. The molecule has 29 heavy (non-hydrogen) atoms. The molecule has 152 valence electrons. The summed E-state index contributed by atoms with van der Waals surface area (Å²) in [5, 5.41) is 2.91. The van der Waals surface area contributed by atoms with Crippen molar-refractivity contribution in [2.75, 3.05) is 26.1 Å². The minimum Gasteiger partial charge on any atom is -0.497 e. The quantitative estimate of drug-likeness (QED) is 0.803. The minimum atomic E-state index is -0.0300. The molecule has 1 saturated carbocycles. The fraction of sp³-hybridized carbons (Fsp3) is 0.391. The van der Waals surface area contributed by atoms with Gasteiger partial charge in [-0.3, -0.25) is 9.59 Å². The van der Waals surface area contributed by atoms with Gasteiger partial charge in [-0.1, -0.05) is 0 Å². The SMILES string of the molecule is COc1ccc(C2CCCN2C(=O)c2ccc(NC(=O)C3CC3)cc2)c(OC)c1. The Kier molecular flexibility index (Phi) is 5.43. The predicted octanol–water partition coefficient (Wildman–Crippen LogP) is 4.03. The van der Waals surface area contributed by atoms with Crippen LogP contribution in [0.15, 0.2) is 42.5 Å². The largest absolute Gasteiger partial charge is 0.497 e. The lowest BCUT2D eigenvalue weighted by Gasteiger charge is -2.26. The summed E-state index contributed by atoms with van der Waals surface area (Å²) in [5.74, 6) is 1.67. The fourth-order valence-electron chi connectivity index (χ4n) is 3.88. The maximum atomic E-state index is 13.2. The standard InChI is InChI=1S/C23H26N2O4/c1-28-18-11-12-19(21(14-18)29-2)20-4-3-13-25(20)23(27)16-7-9-17(10-8-16)24-22(26)15-5-6-15/h7-12,14-15,20H,3-6,13H2,1-2H3,(H,24,26). The third-order valence-corrected chi connectivity index (χ3v) is 5.66. The van der Waals surface area contributed by atoms with Crippen molar-refractivity contribution in [3.05, 3.63) is 53.6 Å².